The minimum Gasteiger partial charge on any atom is -0.444 e. The summed E-state index contributed by atoms with van der Waals surface area (Å²) in [7, 11) is 0. The van der Waals surface area contributed by atoms with Crippen molar-refractivity contribution in [3.63, 3.8) is 0 Å². The summed E-state index contributed by atoms with van der Waals surface area (Å²) in [5.74, 6) is -0.251. The van der Waals surface area contributed by atoms with Gasteiger partial charge in [-0.05, 0) is 33.8 Å². The SMILES string of the molecule is Cc1nccc(NC(=O)CCNC(=O)OC(C)(C)C)c1Cl. The summed E-state index contributed by atoms with van der Waals surface area (Å²) < 4.78 is 5.06. The zero-order chi connectivity index (χ0) is 16.0. The molecule has 21 heavy (non-hydrogen) atoms. The third-order valence-corrected chi connectivity index (χ3v) is 2.83. The number of alkyl carbamates (subject to hydrolysis) is 1. The van der Waals surface area contributed by atoms with Gasteiger partial charge in [0.1, 0.15) is 5.60 Å². The van der Waals surface area contributed by atoms with E-state index in [9.17, 15) is 9.59 Å². The molecule has 0 radical (unpaired) electrons. The highest BCUT2D eigenvalue weighted by Crippen LogP contribution is 2.23. The number of anilines is 1. The summed E-state index contributed by atoms with van der Waals surface area (Å²) in [6.07, 6.45) is 1.14. The number of ether oxygens (including phenoxy) is 1. The van der Waals surface area contributed by atoms with Crippen LogP contribution < -0.4 is 10.6 Å². The number of amides is 2. The number of pyridine rings is 1. The number of rotatable bonds is 4. The number of carbonyl (C=O) groups excluding carboxylic acids is 2. The Morgan fingerprint density at radius 3 is 2.67 bits per heavy atom. The van der Waals surface area contributed by atoms with Gasteiger partial charge < -0.3 is 15.4 Å². The predicted octanol–water partition coefficient (Wildman–Crippen LogP) is 2.90. The van der Waals surface area contributed by atoms with E-state index in [4.69, 9.17) is 16.3 Å². The first-order valence-electron chi connectivity index (χ1n) is 6.57. The molecule has 1 rings (SSSR count). The smallest absolute Gasteiger partial charge is 0.407 e. The molecule has 0 bridgehead atoms. The van der Waals surface area contributed by atoms with Crippen LogP contribution in [0.1, 0.15) is 32.9 Å². The fourth-order valence-corrected chi connectivity index (χ4v) is 1.61. The minimum absolute atomic E-state index is 0.122. The normalized spacial score (nSPS) is 10.9. The number of aromatic nitrogens is 1. The molecule has 7 heteroatoms. The second-order valence-corrected chi connectivity index (χ2v) is 5.86. The van der Waals surface area contributed by atoms with Gasteiger partial charge in [-0.15, -0.1) is 0 Å². The quantitative estimate of drug-likeness (QED) is 0.895. The largest absolute Gasteiger partial charge is 0.444 e. The Hall–Kier alpha value is -1.82. The molecule has 0 saturated heterocycles. The lowest BCUT2D eigenvalue weighted by atomic mass is 10.2. The Morgan fingerprint density at radius 1 is 1.38 bits per heavy atom. The van der Waals surface area contributed by atoms with Crippen molar-refractivity contribution in [2.45, 2.75) is 39.7 Å². The fourth-order valence-electron chi connectivity index (χ4n) is 1.45. The number of nitrogens with zero attached hydrogens (tertiary/aromatic N) is 1. The number of hydrogen-bond acceptors (Lipinski definition) is 4. The number of aryl methyl sites for hydroxylation is 1. The molecule has 0 atom stereocenters. The van der Waals surface area contributed by atoms with E-state index in [1.54, 1.807) is 40.0 Å². The molecule has 6 nitrogen and oxygen atoms in total. The van der Waals surface area contributed by atoms with E-state index in [0.29, 0.717) is 16.4 Å². The number of nitrogens with one attached hydrogen (secondary N) is 2. The van der Waals surface area contributed by atoms with Gasteiger partial charge in [-0.1, -0.05) is 11.6 Å². The molecule has 0 fully saturated rings. The first-order valence-corrected chi connectivity index (χ1v) is 6.94. The van der Waals surface area contributed by atoms with Crippen molar-refractivity contribution in [3.05, 3.63) is 23.0 Å². The molecule has 0 aliphatic rings. The lowest BCUT2D eigenvalue weighted by Crippen LogP contribution is -2.34. The van der Waals surface area contributed by atoms with E-state index >= 15 is 0 Å². The van der Waals surface area contributed by atoms with Crippen LogP contribution in [0.2, 0.25) is 5.02 Å². The molecule has 0 saturated carbocycles. The minimum atomic E-state index is -0.561. The first kappa shape index (κ1) is 17.2. The van der Waals surface area contributed by atoms with Crippen LogP contribution in [0.3, 0.4) is 0 Å². The Labute approximate surface area is 129 Å². The zero-order valence-corrected chi connectivity index (χ0v) is 13.4. The molecule has 0 unspecified atom stereocenters. The molecule has 1 heterocycles. The van der Waals surface area contributed by atoms with E-state index in [1.165, 1.54) is 0 Å². The number of carbonyl (C=O) groups is 2. The average Bonchev–Trinajstić information content (AvgIpc) is 2.32. The lowest BCUT2D eigenvalue weighted by Gasteiger charge is -2.19. The topological polar surface area (TPSA) is 80.3 Å². The third-order valence-electron chi connectivity index (χ3n) is 2.36. The Bertz CT molecular complexity index is 527. The van der Waals surface area contributed by atoms with Crippen LogP contribution in [0, 0.1) is 6.92 Å². The predicted molar refractivity (Wildman–Crippen MR) is 81.5 cm³/mol. The highest BCUT2D eigenvalue weighted by molar-refractivity contribution is 6.34. The molecule has 1 aromatic rings. The highest BCUT2D eigenvalue weighted by atomic mass is 35.5. The fraction of sp³-hybridized carbons (Fsp3) is 0.500. The van der Waals surface area contributed by atoms with Gasteiger partial charge in [0.25, 0.3) is 0 Å². The molecular weight excluding hydrogens is 294 g/mol. The van der Waals surface area contributed by atoms with Crippen molar-refractivity contribution in [1.29, 1.82) is 0 Å². The van der Waals surface area contributed by atoms with Crippen LogP contribution in [0.15, 0.2) is 12.3 Å². The van der Waals surface area contributed by atoms with Gasteiger partial charge in [-0.3, -0.25) is 9.78 Å². The zero-order valence-electron chi connectivity index (χ0n) is 12.6. The van der Waals surface area contributed by atoms with Gasteiger partial charge in [0.15, 0.2) is 0 Å². The third kappa shape index (κ3) is 6.44. The maximum absolute atomic E-state index is 11.8. The molecule has 2 N–H and O–H groups in total. The van der Waals surface area contributed by atoms with Crippen LogP contribution in [0.5, 0.6) is 0 Å². The Balaban J connectivity index is 2.38. The van der Waals surface area contributed by atoms with E-state index in [0.717, 1.165) is 0 Å². The lowest BCUT2D eigenvalue weighted by molar-refractivity contribution is -0.116. The van der Waals surface area contributed by atoms with Gasteiger partial charge in [-0.2, -0.15) is 0 Å². The molecule has 1 aromatic heterocycles. The Morgan fingerprint density at radius 2 is 2.05 bits per heavy atom. The van der Waals surface area contributed by atoms with Crippen LogP contribution in [-0.2, 0) is 9.53 Å². The van der Waals surface area contributed by atoms with Gasteiger partial charge in [0, 0.05) is 19.2 Å². The van der Waals surface area contributed by atoms with E-state index in [-0.39, 0.29) is 18.9 Å². The number of halogens is 1. The van der Waals surface area contributed by atoms with E-state index in [1.807, 2.05) is 0 Å². The van der Waals surface area contributed by atoms with Gasteiger partial charge in [-0.25, -0.2) is 4.79 Å². The molecule has 0 spiro atoms. The monoisotopic (exact) mass is 313 g/mol. The summed E-state index contributed by atoms with van der Waals surface area (Å²) in [5.41, 5.74) is 0.585. The molecule has 0 aliphatic carbocycles. The van der Waals surface area contributed by atoms with Crippen molar-refractivity contribution < 1.29 is 14.3 Å². The van der Waals surface area contributed by atoms with Gasteiger partial charge in [0.05, 0.1) is 16.4 Å². The Kier molecular flexibility index (Phi) is 5.96. The average molecular weight is 314 g/mol. The summed E-state index contributed by atoms with van der Waals surface area (Å²) in [4.78, 5) is 27.2. The van der Waals surface area contributed by atoms with Crippen molar-refractivity contribution in [3.8, 4) is 0 Å². The molecule has 0 aromatic carbocycles. The molecule has 0 aliphatic heterocycles. The van der Waals surface area contributed by atoms with Crippen LogP contribution in [-0.4, -0.2) is 29.1 Å². The second kappa shape index (κ2) is 7.26. The van der Waals surface area contributed by atoms with Crippen molar-refractivity contribution in [1.82, 2.24) is 10.3 Å². The van der Waals surface area contributed by atoms with Crippen LogP contribution in [0.25, 0.3) is 0 Å². The van der Waals surface area contributed by atoms with E-state index in [2.05, 4.69) is 15.6 Å². The maximum atomic E-state index is 11.8. The second-order valence-electron chi connectivity index (χ2n) is 5.48. The molecule has 116 valence electrons. The van der Waals surface area contributed by atoms with Gasteiger partial charge in [0.2, 0.25) is 5.91 Å². The molecular formula is C14H20ClN3O3. The highest BCUT2D eigenvalue weighted by Gasteiger charge is 2.16. The van der Waals surface area contributed by atoms with Crippen molar-refractivity contribution in [2.75, 3.05) is 11.9 Å². The summed E-state index contributed by atoms with van der Waals surface area (Å²) >= 11 is 6.03. The van der Waals surface area contributed by atoms with Crippen LogP contribution >= 0.6 is 11.6 Å². The van der Waals surface area contributed by atoms with Crippen molar-refractivity contribution >= 4 is 29.3 Å². The first-order chi connectivity index (χ1) is 9.69. The maximum Gasteiger partial charge on any atom is 0.407 e. The van der Waals surface area contributed by atoms with Crippen LogP contribution in [0.4, 0.5) is 10.5 Å². The van der Waals surface area contributed by atoms with Crippen molar-refractivity contribution in [2.24, 2.45) is 0 Å². The molecule has 2 amide bonds. The summed E-state index contributed by atoms with van der Waals surface area (Å²) in [6.45, 7) is 7.25. The summed E-state index contributed by atoms with van der Waals surface area (Å²) in [6, 6.07) is 1.62. The van der Waals surface area contributed by atoms with E-state index < -0.39 is 11.7 Å². The summed E-state index contributed by atoms with van der Waals surface area (Å²) in [5, 5.41) is 5.59. The standard InChI is InChI=1S/C14H20ClN3O3/c1-9-12(15)10(5-7-16-9)18-11(19)6-8-17-13(20)21-14(2,3)4/h5,7H,6,8H2,1-4H3,(H,17,20)(H,16,18,19). The number of hydrogen-bond donors (Lipinski definition) is 2. The van der Waals surface area contributed by atoms with Gasteiger partial charge >= 0.3 is 6.09 Å².